The predicted octanol–water partition coefficient (Wildman–Crippen LogP) is 4.23. The number of urea groups is 1. The minimum atomic E-state index is -2.21. The van der Waals surface area contributed by atoms with E-state index in [0.29, 0.717) is 30.6 Å². The Bertz CT molecular complexity index is 1070. The van der Waals surface area contributed by atoms with Gasteiger partial charge in [-0.3, -0.25) is 4.98 Å². The van der Waals surface area contributed by atoms with Crippen molar-refractivity contribution in [3.8, 4) is 0 Å². The third-order valence-electron chi connectivity index (χ3n) is 8.94. The Morgan fingerprint density at radius 2 is 1.68 bits per heavy atom. The van der Waals surface area contributed by atoms with Gasteiger partial charge in [-0.15, -0.1) is 10.2 Å². The quantitative estimate of drug-likeness (QED) is 0.712. The SMILES string of the molecule is O=C(N1CC(c2ccc([C@H]3C[C@H](C(F)F)C3)nc2)C1)N1CC2(CC(c3nnc(C4CC4)[nH]3)C2)C1. The molecule has 7 rings (SSSR count). The number of nitrogens with one attached hydrogen (secondary N) is 1. The van der Waals surface area contributed by atoms with Gasteiger partial charge in [0.15, 0.2) is 0 Å². The number of nitrogens with zero attached hydrogens (tertiary/aromatic N) is 5. The van der Waals surface area contributed by atoms with E-state index in [0.717, 1.165) is 61.9 Å². The second-order valence-electron chi connectivity index (χ2n) is 11.5. The first-order valence-corrected chi connectivity index (χ1v) is 12.7. The molecule has 5 fully saturated rings. The summed E-state index contributed by atoms with van der Waals surface area (Å²) in [5, 5.41) is 8.68. The smallest absolute Gasteiger partial charge is 0.320 e. The van der Waals surface area contributed by atoms with Crippen LogP contribution in [-0.4, -0.2) is 68.6 Å². The van der Waals surface area contributed by atoms with Gasteiger partial charge < -0.3 is 14.8 Å². The number of pyridine rings is 1. The van der Waals surface area contributed by atoms with Crippen LogP contribution in [0, 0.1) is 11.3 Å². The molecule has 4 heterocycles. The molecule has 7 nitrogen and oxygen atoms in total. The van der Waals surface area contributed by atoms with Gasteiger partial charge in [-0.2, -0.15) is 0 Å². The highest BCUT2D eigenvalue weighted by Crippen LogP contribution is 2.56. The summed E-state index contributed by atoms with van der Waals surface area (Å²) in [6.45, 7) is 3.16. The summed E-state index contributed by atoms with van der Waals surface area (Å²) in [6, 6.07) is 4.20. The van der Waals surface area contributed by atoms with Crippen LogP contribution in [0.1, 0.15) is 85.1 Å². The van der Waals surface area contributed by atoms with Crippen molar-refractivity contribution in [3.05, 3.63) is 41.2 Å². The lowest BCUT2D eigenvalue weighted by Gasteiger charge is -2.59. The number of H-pyrrole nitrogens is 1. The van der Waals surface area contributed by atoms with Gasteiger partial charge in [0, 0.05) is 73.1 Å². The van der Waals surface area contributed by atoms with E-state index in [4.69, 9.17) is 0 Å². The Kier molecular flexibility index (Phi) is 4.55. The topological polar surface area (TPSA) is 78.0 Å². The third-order valence-corrected chi connectivity index (χ3v) is 8.94. The average Bonchev–Trinajstić information content (AvgIpc) is 3.42. The number of carbonyl (C=O) groups is 1. The molecule has 2 aromatic rings. The molecule has 2 amide bonds. The Hall–Kier alpha value is -2.58. The van der Waals surface area contributed by atoms with Crippen molar-refractivity contribution < 1.29 is 13.6 Å². The molecule has 0 aromatic carbocycles. The lowest BCUT2D eigenvalue weighted by Crippen LogP contribution is -2.67. The lowest BCUT2D eigenvalue weighted by atomic mass is 9.57. The number of hydrogen-bond acceptors (Lipinski definition) is 4. The molecule has 3 aliphatic carbocycles. The van der Waals surface area contributed by atoms with Crippen molar-refractivity contribution in [2.75, 3.05) is 26.2 Å². The minimum Gasteiger partial charge on any atom is -0.328 e. The fraction of sp³-hybridized carbons (Fsp3) is 0.680. The summed E-state index contributed by atoms with van der Waals surface area (Å²) >= 11 is 0. The van der Waals surface area contributed by atoms with Crippen molar-refractivity contribution in [2.24, 2.45) is 11.3 Å². The Labute approximate surface area is 197 Å². The summed E-state index contributed by atoms with van der Waals surface area (Å²) < 4.78 is 25.4. The normalized spacial score (nSPS) is 28.4. The van der Waals surface area contributed by atoms with Crippen LogP contribution in [0.4, 0.5) is 13.6 Å². The Morgan fingerprint density at radius 3 is 2.29 bits per heavy atom. The molecule has 2 saturated heterocycles. The first-order valence-electron chi connectivity index (χ1n) is 12.7. The number of halogens is 2. The molecule has 2 aliphatic heterocycles. The van der Waals surface area contributed by atoms with Crippen LogP contribution >= 0.6 is 0 Å². The first-order chi connectivity index (χ1) is 16.5. The van der Waals surface area contributed by atoms with Crippen molar-refractivity contribution >= 4 is 6.03 Å². The molecule has 0 radical (unpaired) electrons. The monoisotopic (exact) mass is 468 g/mol. The summed E-state index contributed by atoms with van der Waals surface area (Å²) in [6.07, 6.45) is 5.37. The minimum absolute atomic E-state index is 0.151. The third kappa shape index (κ3) is 3.41. The van der Waals surface area contributed by atoms with Crippen molar-refractivity contribution in [1.82, 2.24) is 30.0 Å². The molecular formula is C25H30F2N6O. The molecule has 1 spiro atoms. The molecule has 5 aliphatic rings. The fourth-order valence-corrected chi connectivity index (χ4v) is 6.40. The lowest BCUT2D eigenvalue weighted by molar-refractivity contribution is -0.0601. The van der Waals surface area contributed by atoms with Gasteiger partial charge in [0.1, 0.15) is 11.6 Å². The van der Waals surface area contributed by atoms with E-state index in [1.54, 1.807) is 0 Å². The molecule has 3 saturated carbocycles. The van der Waals surface area contributed by atoms with E-state index in [1.807, 2.05) is 22.1 Å². The van der Waals surface area contributed by atoms with Crippen molar-refractivity contribution in [1.29, 1.82) is 0 Å². The number of likely N-dealkylation sites (tertiary alicyclic amines) is 2. The van der Waals surface area contributed by atoms with Crippen LogP contribution in [0.5, 0.6) is 0 Å². The molecule has 34 heavy (non-hydrogen) atoms. The van der Waals surface area contributed by atoms with Gasteiger partial charge >= 0.3 is 6.03 Å². The Morgan fingerprint density at radius 1 is 0.971 bits per heavy atom. The van der Waals surface area contributed by atoms with Crippen LogP contribution in [0.15, 0.2) is 18.3 Å². The van der Waals surface area contributed by atoms with Crippen LogP contribution in [0.3, 0.4) is 0 Å². The van der Waals surface area contributed by atoms with Gasteiger partial charge in [0.05, 0.1) is 0 Å². The fourth-order valence-electron chi connectivity index (χ4n) is 6.40. The molecule has 180 valence electrons. The summed E-state index contributed by atoms with van der Waals surface area (Å²) in [7, 11) is 0. The molecule has 2 aromatic heterocycles. The van der Waals surface area contributed by atoms with Gasteiger partial charge in [-0.25, -0.2) is 13.6 Å². The zero-order chi connectivity index (χ0) is 23.0. The molecule has 1 N–H and O–H groups in total. The summed E-state index contributed by atoms with van der Waals surface area (Å²) in [4.78, 5) is 24.8. The van der Waals surface area contributed by atoms with E-state index in [9.17, 15) is 13.6 Å². The largest absolute Gasteiger partial charge is 0.328 e. The first kappa shape index (κ1) is 20.8. The van der Waals surface area contributed by atoms with Gasteiger partial charge in [-0.05, 0) is 50.2 Å². The maximum absolute atomic E-state index is 12.9. The zero-order valence-corrected chi connectivity index (χ0v) is 19.2. The number of alkyl halides is 2. The van der Waals surface area contributed by atoms with Crippen molar-refractivity contribution in [2.45, 2.75) is 68.6 Å². The standard InChI is InChI=1S/C25H30F2N6O/c26-21(27)17-5-16(6-17)20-4-3-15(9-28-20)19-10-32(11-19)24(34)33-12-25(13-33)7-18(8-25)23-29-22(30-31-23)14-1-2-14/h3-4,9,14,16-19,21H,1-2,5-8,10-13H2,(H,29,30,31)/t16-,17-. The molecule has 0 bridgehead atoms. The second-order valence-corrected chi connectivity index (χ2v) is 11.5. The second kappa shape index (κ2) is 7.46. The molecular weight excluding hydrogens is 438 g/mol. The van der Waals surface area contributed by atoms with Gasteiger partial charge in [0.2, 0.25) is 6.43 Å². The molecule has 0 unspecified atom stereocenters. The zero-order valence-electron chi connectivity index (χ0n) is 19.2. The number of aromatic nitrogens is 4. The molecule has 0 atom stereocenters. The van der Waals surface area contributed by atoms with Gasteiger partial charge in [-0.1, -0.05) is 6.07 Å². The van der Waals surface area contributed by atoms with Gasteiger partial charge in [0.25, 0.3) is 0 Å². The summed E-state index contributed by atoms with van der Waals surface area (Å²) in [5.41, 5.74) is 2.34. The number of carbonyl (C=O) groups excluding carboxylic acids is 1. The van der Waals surface area contributed by atoms with E-state index in [2.05, 4.69) is 26.2 Å². The van der Waals surface area contributed by atoms with Crippen LogP contribution in [-0.2, 0) is 0 Å². The number of aromatic amines is 1. The van der Waals surface area contributed by atoms with Crippen LogP contribution in [0.2, 0.25) is 0 Å². The maximum Gasteiger partial charge on any atom is 0.320 e. The van der Waals surface area contributed by atoms with E-state index < -0.39 is 12.3 Å². The van der Waals surface area contributed by atoms with E-state index in [-0.39, 0.29) is 17.4 Å². The highest BCUT2D eigenvalue weighted by atomic mass is 19.3. The van der Waals surface area contributed by atoms with E-state index >= 15 is 0 Å². The Balaban J connectivity index is 0.861. The number of hydrogen-bond donors (Lipinski definition) is 1. The summed E-state index contributed by atoms with van der Waals surface area (Å²) in [5.74, 6) is 3.17. The van der Waals surface area contributed by atoms with Crippen LogP contribution in [0.25, 0.3) is 0 Å². The van der Waals surface area contributed by atoms with Crippen molar-refractivity contribution in [3.63, 3.8) is 0 Å². The maximum atomic E-state index is 12.9. The highest BCUT2D eigenvalue weighted by molar-refractivity contribution is 5.77. The molecule has 9 heteroatoms. The number of amides is 2. The van der Waals surface area contributed by atoms with E-state index in [1.165, 1.54) is 12.8 Å². The van der Waals surface area contributed by atoms with Crippen LogP contribution < -0.4 is 0 Å². The number of rotatable bonds is 5. The highest BCUT2D eigenvalue weighted by Gasteiger charge is 2.56. The average molecular weight is 469 g/mol. The predicted molar refractivity (Wildman–Crippen MR) is 120 cm³/mol.